The van der Waals surface area contributed by atoms with E-state index >= 15 is 0 Å². The number of carbonyl (C=O) groups excluding carboxylic acids is 1. The zero-order valence-electron chi connectivity index (χ0n) is 8.25. The molecule has 0 saturated heterocycles. The quantitative estimate of drug-likeness (QED) is 0.729. The van der Waals surface area contributed by atoms with E-state index < -0.39 is 5.97 Å². The van der Waals surface area contributed by atoms with Gasteiger partial charge in [0.2, 0.25) is 0 Å². The summed E-state index contributed by atoms with van der Waals surface area (Å²) < 4.78 is 0. The Bertz CT molecular complexity index is 486. The Labute approximate surface area is 92.9 Å². The van der Waals surface area contributed by atoms with Gasteiger partial charge in [-0.1, -0.05) is 0 Å². The average Bonchev–Trinajstić information content (AvgIpc) is 2.59. The zero-order valence-corrected chi connectivity index (χ0v) is 8.25. The van der Waals surface area contributed by atoms with Crippen LogP contribution in [0.5, 0.6) is 0 Å². The number of benzene rings is 1. The van der Waals surface area contributed by atoms with E-state index in [0.29, 0.717) is 11.3 Å². The molecule has 1 N–H and O–H groups in total. The molecule has 1 aromatic rings. The van der Waals surface area contributed by atoms with Crippen LogP contribution in [0.2, 0.25) is 0 Å². The van der Waals surface area contributed by atoms with Gasteiger partial charge in [0.15, 0.2) is 0 Å². The van der Waals surface area contributed by atoms with Gasteiger partial charge in [-0.25, -0.2) is 0 Å². The fraction of sp³-hybridized carbons (Fsp3) is 0. The molecule has 1 heterocycles. The number of hydrogen-bond acceptors (Lipinski definition) is 2. The summed E-state index contributed by atoms with van der Waals surface area (Å²) in [5, 5.41) is 8.72. The van der Waals surface area contributed by atoms with Gasteiger partial charge in [0.1, 0.15) is 0 Å². The Morgan fingerprint density at radius 1 is 1.19 bits per heavy atom. The average molecular weight is 212 g/mol. The van der Waals surface area contributed by atoms with E-state index in [0.717, 1.165) is 0 Å². The number of carboxylic acid groups (broad SMARTS) is 1. The molecule has 1 aliphatic rings. The van der Waals surface area contributed by atoms with Gasteiger partial charge in [0.25, 0.3) is 0 Å². The van der Waals surface area contributed by atoms with Gasteiger partial charge in [0, 0.05) is 0 Å². The van der Waals surface area contributed by atoms with Gasteiger partial charge in [-0.2, -0.15) is 0 Å². The first-order valence-electron chi connectivity index (χ1n) is 4.57. The Morgan fingerprint density at radius 2 is 1.81 bits per heavy atom. The second kappa shape index (κ2) is 3.77. The molecule has 5 heteroatoms. The van der Waals surface area contributed by atoms with Crippen molar-refractivity contribution in [3.8, 4) is 0 Å². The molecule has 77 valence electrons. The SMILES string of the molecule is [B]=C1C=CC(=O)N1c1ccc(C(=O)O)cc1. The molecule has 0 unspecified atom stereocenters. The summed E-state index contributed by atoms with van der Waals surface area (Å²) >= 11 is 0. The monoisotopic (exact) mass is 212 g/mol. The maximum atomic E-state index is 11.4. The van der Waals surface area contributed by atoms with Crippen molar-refractivity contribution >= 4 is 30.6 Å². The third-order valence-corrected chi connectivity index (χ3v) is 2.25. The first-order chi connectivity index (χ1) is 7.59. The molecule has 4 nitrogen and oxygen atoms in total. The molecule has 16 heavy (non-hydrogen) atoms. The molecule has 0 spiro atoms. The second-order valence-corrected chi connectivity index (χ2v) is 3.28. The van der Waals surface area contributed by atoms with Crippen LogP contribution < -0.4 is 4.90 Å². The molecule has 2 rings (SSSR count). The van der Waals surface area contributed by atoms with Crippen LogP contribution in [0, 0.1) is 0 Å². The summed E-state index contributed by atoms with van der Waals surface area (Å²) in [6, 6.07) is 5.94. The van der Waals surface area contributed by atoms with Gasteiger partial charge < -0.3 is 0 Å². The first-order valence-corrected chi connectivity index (χ1v) is 4.57. The summed E-state index contributed by atoms with van der Waals surface area (Å²) in [7, 11) is 5.62. The zero-order chi connectivity index (χ0) is 11.7. The second-order valence-electron chi connectivity index (χ2n) is 3.28. The number of hydrogen-bond donors (Lipinski definition) is 1. The van der Waals surface area contributed by atoms with Crippen LogP contribution in [-0.2, 0) is 4.79 Å². The summed E-state index contributed by atoms with van der Waals surface area (Å²) in [6.07, 6.45) is 2.87. The Hall–Kier alpha value is -2.17. The first kappa shape index (κ1) is 10.4. The van der Waals surface area contributed by atoms with Crippen molar-refractivity contribution in [1.29, 1.82) is 0 Å². The molecule has 0 atom stereocenters. The third kappa shape index (κ3) is 1.67. The van der Waals surface area contributed by atoms with Gasteiger partial charge in [0.05, 0.1) is 0 Å². The van der Waals surface area contributed by atoms with Crippen molar-refractivity contribution in [3.05, 3.63) is 42.0 Å². The van der Waals surface area contributed by atoms with Gasteiger partial charge >= 0.3 is 92.2 Å². The van der Waals surface area contributed by atoms with Crippen LogP contribution in [0.15, 0.2) is 36.4 Å². The standard InChI is InChI=1S/C11H7BNO3/c12-9-5-6-10(14)13(9)8-3-1-7(2-4-8)11(15)16/h1-6H,(H,15,16). The molecule has 1 radical (unpaired) electrons. The Balaban J connectivity index is 2.32. The summed E-state index contributed by atoms with van der Waals surface area (Å²) in [4.78, 5) is 23.4. The maximum absolute atomic E-state index is 11.4. The van der Waals surface area contributed by atoms with Crippen molar-refractivity contribution in [2.75, 3.05) is 4.90 Å². The summed E-state index contributed by atoms with van der Waals surface area (Å²) in [6.45, 7) is 0. The van der Waals surface area contributed by atoms with E-state index in [1.807, 2.05) is 0 Å². The van der Waals surface area contributed by atoms with Gasteiger partial charge in [-0.05, 0) is 0 Å². The van der Waals surface area contributed by atoms with E-state index in [9.17, 15) is 9.59 Å². The number of carbonyl (C=O) groups is 2. The summed E-state index contributed by atoms with van der Waals surface area (Å²) in [5.74, 6) is -1.24. The van der Waals surface area contributed by atoms with Crippen molar-refractivity contribution in [3.63, 3.8) is 0 Å². The number of amides is 1. The van der Waals surface area contributed by atoms with Crippen LogP contribution >= 0.6 is 0 Å². The molecule has 0 aliphatic carbocycles. The fourth-order valence-electron chi connectivity index (χ4n) is 1.46. The van der Waals surface area contributed by atoms with E-state index in [2.05, 4.69) is 0 Å². The molecule has 0 aromatic heterocycles. The molecular weight excluding hydrogens is 205 g/mol. The predicted octanol–water partition coefficient (Wildman–Crippen LogP) is 0.586. The molecular formula is C11H7BNO3. The molecule has 1 aromatic carbocycles. The van der Waals surface area contributed by atoms with E-state index in [1.54, 1.807) is 12.1 Å². The number of rotatable bonds is 2. The predicted molar refractivity (Wildman–Crippen MR) is 60.8 cm³/mol. The number of anilines is 1. The van der Waals surface area contributed by atoms with Crippen molar-refractivity contribution in [1.82, 2.24) is 0 Å². The van der Waals surface area contributed by atoms with Crippen molar-refractivity contribution in [2.45, 2.75) is 0 Å². The van der Waals surface area contributed by atoms with E-state index in [4.69, 9.17) is 12.6 Å². The van der Waals surface area contributed by atoms with Crippen LogP contribution in [-0.4, -0.2) is 30.1 Å². The third-order valence-electron chi connectivity index (χ3n) is 2.25. The van der Waals surface area contributed by atoms with Crippen LogP contribution in [0.25, 0.3) is 0 Å². The van der Waals surface area contributed by atoms with Crippen molar-refractivity contribution < 1.29 is 14.7 Å². The Morgan fingerprint density at radius 3 is 2.25 bits per heavy atom. The van der Waals surface area contributed by atoms with E-state index in [1.165, 1.54) is 29.2 Å². The fourth-order valence-corrected chi connectivity index (χ4v) is 1.46. The number of carboxylic acids is 1. The molecule has 0 saturated carbocycles. The molecule has 1 aliphatic heterocycles. The number of aromatic carboxylic acids is 1. The normalized spacial score (nSPS) is 14.6. The van der Waals surface area contributed by atoms with Gasteiger partial charge in [-0.15, -0.1) is 0 Å². The van der Waals surface area contributed by atoms with Crippen LogP contribution in [0.4, 0.5) is 5.69 Å². The molecule has 1 amide bonds. The summed E-state index contributed by atoms with van der Waals surface area (Å²) in [5.41, 5.74) is 1.05. The minimum atomic E-state index is -1.01. The van der Waals surface area contributed by atoms with E-state index in [-0.39, 0.29) is 11.5 Å². The van der Waals surface area contributed by atoms with Crippen LogP contribution in [0.1, 0.15) is 10.4 Å². The van der Waals surface area contributed by atoms with Gasteiger partial charge in [-0.3, -0.25) is 0 Å². The van der Waals surface area contributed by atoms with Crippen molar-refractivity contribution in [2.24, 2.45) is 0 Å². The number of nitrogens with zero attached hydrogens (tertiary/aromatic N) is 1. The Kier molecular flexibility index (Phi) is 2.44. The molecule has 0 fully saturated rings. The van der Waals surface area contributed by atoms with Crippen LogP contribution in [0.3, 0.4) is 0 Å². The molecule has 0 bridgehead atoms. The topological polar surface area (TPSA) is 57.6 Å². The minimum absolute atomic E-state index is 0.168.